The van der Waals surface area contributed by atoms with E-state index in [0.29, 0.717) is 29.9 Å². The second-order valence-corrected chi connectivity index (χ2v) is 7.34. The highest BCUT2D eigenvalue weighted by atomic mass is 79.9. The number of pyridine rings is 1. The first-order valence-electron chi connectivity index (χ1n) is 7.23. The molecule has 1 aromatic rings. The van der Waals surface area contributed by atoms with Gasteiger partial charge in [0.1, 0.15) is 5.60 Å². The summed E-state index contributed by atoms with van der Waals surface area (Å²) in [5, 5.41) is 0. The van der Waals surface area contributed by atoms with Gasteiger partial charge < -0.3 is 14.5 Å². The summed E-state index contributed by atoms with van der Waals surface area (Å²) in [5.41, 5.74) is -0.517. The third-order valence-corrected chi connectivity index (χ3v) is 3.77. The Kier molecular flexibility index (Phi) is 4.94. The van der Waals surface area contributed by atoms with Gasteiger partial charge in [-0.3, -0.25) is 0 Å². The number of carbonyl (C=O) groups excluding carboxylic acids is 1. The van der Waals surface area contributed by atoms with Gasteiger partial charge in [0.2, 0.25) is 0 Å². The molecule has 0 aliphatic carbocycles. The summed E-state index contributed by atoms with van der Waals surface area (Å²) in [4.78, 5) is 19.8. The molecule has 1 fully saturated rings. The van der Waals surface area contributed by atoms with Crippen LogP contribution in [0.3, 0.4) is 0 Å². The fourth-order valence-electron chi connectivity index (χ4n) is 2.38. The van der Waals surface area contributed by atoms with E-state index >= 15 is 0 Å². The number of halogens is 2. The minimum atomic E-state index is -0.517. The van der Waals surface area contributed by atoms with Crippen molar-refractivity contribution in [2.75, 3.05) is 24.5 Å². The molecule has 1 aliphatic rings. The molecular formula is C15H21BrFN3O2. The maximum atomic E-state index is 14.0. The fraction of sp³-hybridized carbons (Fsp3) is 0.600. The van der Waals surface area contributed by atoms with Crippen LogP contribution >= 0.6 is 15.9 Å². The predicted octanol–water partition coefficient (Wildman–Crippen LogP) is 3.43. The largest absolute Gasteiger partial charge is 0.444 e. The van der Waals surface area contributed by atoms with Crippen molar-refractivity contribution in [3.8, 4) is 0 Å². The van der Waals surface area contributed by atoms with Crippen LogP contribution in [0.1, 0.15) is 27.7 Å². The Morgan fingerprint density at radius 3 is 2.68 bits per heavy atom. The van der Waals surface area contributed by atoms with Crippen LogP contribution in [0.25, 0.3) is 0 Å². The molecule has 0 bridgehead atoms. The quantitative estimate of drug-likeness (QED) is 0.756. The summed E-state index contributed by atoms with van der Waals surface area (Å²) < 4.78 is 20.0. The van der Waals surface area contributed by atoms with Crippen molar-refractivity contribution < 1.29 is 13.9 Å². The highest BCUT2D eigenvalue weighted by Gasteiger charge is 2.31. The lowest BCUT2D eigenvalue weighted by Gasteiger charge is -2.40. The van der Waals surface area contributed by atoms with Gasteiger partial charge in [0, 0.05) is 36.3 Å². The van der Waals surface area contributed by atoms with Crippen LogP contribution in [0.4, 0.5) is 15.0 Å². The summed E-state index contributed by atoms with van der Waals surface area (Å²) >= 11 is 3.20. The van der Waals surface area contributed by atoms with Crippen LogP contribution in [-0.4, -0.2) is 47.3 Å². The van der Waals surface area contributed by atoms with E-state index in [9.17, 15) is 9.18 Å². The average Bonchev–Trinajstić information content (AvgIpc) is 2.37. The van der Waals surface area contributed by atoms with Crippen molar-refractivity contribution in [3.63, 3.8) is 0 Å². The highest BCUT2D eigenvalue weighted by Crippen LogP contribution is 2.24. The molecule has 122 valence electrons. The van der Waals surface area contributed by atoms with Crippen LogP contribution in [-0.2, 0) is 4.74 Å². The van der Waals surface area contributed by atoms with E-state index in [1.54, 1.807) is 11.1 Å². The van der Waals surface area contributed by atoms with Crippen LogP contribution in [0.2, 0.25) is 0 Å². The highest BCUT2D eigenvalue weighted by molar-refractivity contribution is 9.10. The van der Waals surface area contributed by atoms with E-state index in [1.165, 1.54) is 6.07 Å². The van der Waals surface area contributed by atoms with E-state index < -0.39 is 5.60 Å². The Balaban J connectivity index is 2.05. The van der Waals surface area contributed by atoms with Crippen LogP contribution in [0, 0.1) is 5.82 Å². The monoisotopic (exact) mass is 373 g/mol. The minimum Gasteiger partial charge on any atom is -0.444 e. The maximum Gasteiger partial charge on any atom is 0.410 e. The van der Waals surface area contributed by atoms with Gasteiger partial charge in [-0.1, -0.05) is 0 Å². The van der Waals surface area contributed by atoms with Crippen LogP contribution < -0.4 is 4.90 Å². The zero-order valence-corrected chi connectivity index (χ0v) is 14.9. The smallest absolute Gasteiger partial charge is 0.410 e. The van der Waals surface area contributed by atoms with E-state index in [4.69, 9.17) is 4.74 Å². The van der Waals surface area contributed by atoms with Gasteiger partial charge in [0.25, 0.3) is 0 Å². The van der Waals surface area contributed by atoms with Crippen molar-refractivity contribution >= 4 is 27.8 Å². The molecule has 2 heterocycles. The Bertz CT molecular complexity index is 562. The van der Waals surface area contributed by atoms with Gasteiger partial charge in [-0.15, -0.1) is 0 Å². The fourth-order valence-corrected chi connectivity index (χ4v) is 2.69. The van der Waals surface area contributed by atoms with E-state index in [-0.39, 0.29) is 18.0 Å². The predicted molar refractivity (Wildman–Crippen MR) is 86.5 cm³/mol. The first-order valence-corrected chi connectivity index (χ1v) is 8.02. The van der Waals surface area contributed by atoms with E-state index in [1.807, 2.05) is 32.6 Å². The molecule has 5 nitrogen and oxygen atoms in total. The Hall–Kier alpha value is -1.37. The number of anilines is 1. The number of piperazine rings is 1. The molecule has 1 aromatic heterocycles. The summed E-state index contributed by atoms with van der Waals surface area (Å²) in [6, 6.07) is 1.36. The third kappa shape index (κ3) is 4.09. The molecule has 1 atom stereocenters. The third-order valence-electron chi connectivity index (χ3n) is 3.34. The summed E-state index contributed by atoms with van der Waals surface area (Å²) in [6.45, 7) is 8.94. The molecule has 1 aliphatic heterocycles. The lowest BCUT2D eigenvalue weighted by atomic mass is 10.2. The number of amides is 1. The molecule has 0 N–H and O–H groups in total. The number of hydrogen-bond acceptors (Lipinski definition) is 4. The molecule has 2 rings (SSSR count). The molecule has 7 heteroatoms. The van der Waals surface area contributed by atoms with Crippen molar-refractivity contribution in [3.05, 3.63) is 22.6 Å². The number of ether oxygens (including phenoxy) is 1. The number of rotatable bonds is 1. The van der Waals surface area contributed by atoms with Crippen molar-refractivity contribution in [1.82, 2.24) is 9.88 Å². The Labute approximate surface area is 138 Å². The maximum absolute atomic E-state index is 14.0. The first-order chi connectivity index (χ1) is 10.2. The number of hydrogen-bond donors (Lipinski definition) is 0. The standard InChI is InChI=1S/C15H21BrFN3O2/c1-10-9-19(14(21)22-15(2,3)4)5-6-20(10)13-12(17)7-11(16)8-18-13/h7-8,10H,5-6,9H2,1-4H3/t10-/m0/s1. The molecule has 0 aromatic carbocycles. The van der Waals surface area contributed by atoms with Crippen molar-refractivity contribution in [1.29, 1.82) is 0 Å². The Morgan fingerprint density at radius 2 is 2.14 bits per heavy atom. The van der Waals surface area contributed by atoms with Gasteiger partial charge in [-0.05, 0) is 49.7 Å². The SMILES string of the molecule is C[C@H]1CN(C(=O)OC(C)(C)C)CCN1c1ncc(Br)cc1F. The lowest BCUT2D eigenvalue weighted by molar-refractivity contribution is 0.0218. The molecule has 22 heavy (non-hydrogen) atoms. The van der Waals surface area contributed by atoms with E-state index in [0.717, 1.165) is 0 Å². The molecule has 0 saturated carbocycles. The molecule has 0 radical (unpaired) electrons. The second kappa shape index (κ2) is 6.40. The Morgan fingerprint density at radius 1 is 1.45 bits per heavy atom. The molecular weight excluding hydrogens is 353 g/mol. The molecule has 0 unspecified atom stereocenters. The average molecular weight is 374 g/mol. The zero-order valence-electron chi connectivity index (χ0n) is 13.3. The summed E-state index contributed by atoms with van der Waals surface area (Å²) in [6.07, 6.45) is 1.24. The summed E-state index contributed by atoms with van der Waals surface area (Å²) in [5.74, 6) is -0.0496. The summed E-state index contributed by atoms with van der Waals surface area (Å²) in [7, 11) is 0. The van der Waals surface area contributed by atoms with Crippen LogP contribution in [0.15, 0.2) is 16.7 Å². The normalized spacial score (nSPS) is 19.3. The number of carbonyl (C=O) groups is 1. The number of aromatic nitrogens is 1. The van der Waals surface area contributed by atoms with Gasteiger partial charge in [0.05, 0.1) is 0 Å². The van der Waals surface area contributed by atoms with Crippen molar-refractivity contribution in [2.45, 2.75) is 39.3 Å². The topological polar surface area (TPSA) is 45.7 Å². The van der Waals surface area contributed by atoms with E-state index in [2.05, 4.69) is 20.9 Å². The number of nitrogens with zero attached hydrogens (tertiary/aromatic N) is 3. The van der Waals surface area contributed by atoms with Crippen LogP contribution in [0.5, 0.6) is 0 Å². The van der Waals surface area contributed by atoms with Crippen molar-refractivity contribution in [2.24, 2.45) is 0 Å². The first kappa shape index (κ1) is 17.0. The minimum absolute atomic E-state index is 0.0376. The van der Waals surface area contributed by atoms with Gasteiger partial charge in [-0.2, -0.15) is 0 Å². The van der Waals surface area contributed by atoms with Gasteiger partial charge >= 0.3 is 6.09 Å². The lowest BCUT2D eigenvalue weighted by Crippen LogP contribution is -2.55. The second-order valence-electron chi connectivity index (χ2n) is 6.43. The van der Waals surface area contributed by atoms with Gasteiger partial charge in [0.15, 0.2) is 11.6 Å². The molecule has 1 saturated heterocycles. The molecule has 1 amide bonds. The van der Waals surface area contributed by atoms with Gasteiger partial charge in [-0.25, -0.2) is 14.2 Å². The molecule has 0 spiro atoms. The zero-order chi connectivity index (χ0) is 16.5.